The zero-order valence-corrected chi connectivity index (χ0v) is 9.80. The molecule has 1 rings (SSSR count). The van der Waals surface area contributed by atoms with Crippen LogP contribution in [0.15, 0.2) is 18.3 Å². The fourth-order valence-corrected chi connectivity index (χ4v) is 1.30. The number of hydrogen-bond acceptors (Lipinski definition) is 4. The van der Waals surface area contributed by atoms with Crippen LogP contribution in [-0.4, -0.2) is 47.5 Å². The van der Waals surface area contributed by atoms with Crippen molar-refractivity contribution in [2.45, 2.75) is 6.54 Å². The number of pyridine rings is 1. The van der Waals surface area contributed by atoms with E-state index >= 15 is 0 Å². The molecule has 0 radical (unpaired) electrons. The van der Waals surface area contributed by atoms with Crippen LogP contribution in [0.4, 0.5) is 0 Å². The van der Waals surface area contributed by atoms with Crippen LogP contribution in [-0.2, 0) is 11.3 Å². The number of carbonyl (C=O) groups excluding carboxylic acids is 1. The van der Waals surface area contributed by atoms with Crippen LogP contribution in [0.25, 0.3) is 0 Å². The topological polar surface area (TPSA) is 82.5 Å². The zero-order chi connectivity index (χ0) is 12.8. The quantitative estimate of drug-likeness (QED) is 0.750. The van der Waals surface area contributed by atoms with Crippen molar-refractivity contribution < 1.29 is 14.7 Å². The first-order chi connectivity index (χ1) is 8.02. The minimum Gasteiger partial charge on any atom is -0.478 e. The van der Waals surface area contributed by atoms with Gasteiger partial charge in [-0.15, -0.1) is 0 Å². The molecule has 0 fully saturated rings. The van der Waals surface area contributed by atoms with Gasteiger partial charge < -0.3 is 10.4 Å². The Balaban J connectivity index is 2.57. The number of carbonyl (C=O) groups is 2. The normalized spacial score (nSPS) is 10.3. The number of nitrogens with one attached hydrogen (secondary N) is 1. The van der Waals surface area contributed by atoms with Gasteiger partial charge in [0.05, 0.1) is 17.8 Å². The Labute approximate surface area is 99.3 Å². The van der Waals surface area contributed by atoms with Crippen LogP contribution in [0.5, 0.6) is 0 Å². The molecule has 1 amide bonds. The third kappa shape index (κ3) is 4.20. The summed E-state index contributed by atoms with van der Waals surface area (Å²) in [6.07, 6.45) is 1.31. The predicted molar refractivity (Wildman–Crippen MR) is 61.6 cm³/mol. The van der Waals surface area contributed by atoms with E-state index in [2.05, 4.69) is 10.3 Å². The summed E-state index contributed by atoms with van der Waals surface area (Å²) in [4.78, 5) is 27.5. The maximum Gasteiger partial charge on any atom is 0.337 e. The summed E-state index contributed by atoms with van der Waals surface area (Å²) in [5, 5.41) is 11.2. The second kappa shape index (κ2) is 5.95. The Hall–Kier alpha value is -1.95. The molecule has 0 aliphatic carbocycles. The highest BCUT2D eigenvalue weighted by atomic mass is 16.4. The van der Waals surface area contributed by atoms with Gasteiger partial charge in [-0.25, -0.2) is 4.79 Å². The molecular weight excluding hydrogens is 222 g/mol. The lowest BCUT2D eigenvalue weighted by atomic mass is 10.2. The number of rotatable bonds is 5. The average Bonchev–Trinajstić information content (AvgIpc) is 2.29. The summed E-state index contributed by atoms with van der Waals surface area (Å²) < 4.78 is 0. The van der Waals surface area contributed by atoms with Gasteiger partial charge in [-0.3, -0.25) is 14.7 Å². The second-order valence-corrected chi connectivity index (χ2v) is 3.69. The molecule has 0 saturated heterocycles. The van der Waals surface area contributed by atoms with Crippen molar-refractivity contribution in [2.75, 3.05) is 20.6 Å². The first-order valence-corrected chi connectivity index (χ1v) is 5.10. The Morgan fingerprint density at radius 2 is 2.18 bits per heavy atom. The predicted octanol–water partition coefficient (Wildman–Crippen LogP) is -0.0424. The average molecular weight is 237 g/mol. The van der Waals surface area contributed by atoms with Crippen molar-refractivity contribution in [3.8, 4) is 0 Å². The molecule has 2 N–H and O–H groups in total. The van der Waals surface area contributed by atoms with Crippen molar-refractivity contribution >= 4 is 11.9 Å². The second-order valence-electron chi connectivity index (χ2n) is 3.69. The van der Waals surface area contributed by atoms with Crippen LogP contribution in [0.3, 0.4) is 0 Å². The highest BCUT2D eigenvalue weighted by Crippen LogP contribution is 2.02. The SMILES string of the molecule is CNC(=O)CN(C)Cc1ccc(C(=O)O)cn1. The fourth-order valence-electron chi connectivity index (χ4n) is 1.30. The van der Waals surface area contributed by atoms with E-state index in [4.69, 9.17) is 5.11 Å². The Morgan fingerprint density at radius 1 is 1.47 bits per heavy atom. The molecule has 92 valence electrons. The van der Waals surface area contributed by atoms with E-state index in [9.17, 15) is 9.59 Å². The lowest BCUT2D eigenvalue weighted by Gasteiger charge is -2.14. The summed E-state index contributed by atoms with van der Waals surface area (Å²) >= 11 is 0. The lowest BCUT2D eigenvalue weighted by Crippen LogP contribution is -2.32. The number of aromatic carboxylic acids is 1. The highest BCUT2D eigenvalue weighted by Gasteiger charge is 2.07. The van der Waals surface area contributed by atoms with E-state index in [1.807, 2.05) is 0 Å². The summed E-state index contributed by atoms with van der Waals surface area (Å²) in [5.74, 6) is -1.07. The van der Waals surface area contributed by atoms with E-state index in [1.54, 1.807) is 25.1 Å². The molecule has 0 aromatic carbocycles. The van der Waals surface area contributed by atoms with Gasteiger partial charge in [-0.2, -0.15) is 0 Å². The maximum atomic E-state index is 11.1. The minimum atomic E-state index is -0.997. The Morgan fingerprint density at radius 3 is 2.65 bits per heavy atom. The molecule has 0 atom stereocenters. The largest absolute Gasteiger partial charge is 0.478 e. The number of hydrogen-bond donors (Lipinski definition) is 2. The van der Waals surface area contributed by atoms with Crippen molar-refractivity contribution in [3.05, 3.63) is 29.6 Å². The van der Waals surface area contributed by atoms with E-state index in [0.717, 1.165) is 5.69 Å². The molecule has 1 aromatic heterocycles. The van der Waals surface area contributed by atoms with Crippen molar-refractivity contribution in [1.82, 2.24) is 15.2 Å². The monoisotopic (exact) mass is 237 g/mol. The van der Waals surface area contributed by atoms with Crippen molar-refractivity contribution in [2.24, 2.45) is 0 Å². The van der Waals surface area contributed by atoms with E-state index in [0.29, 0.717) is 6.54 Å². The van der Waals surface area contributed by atoms with E-state index in [-0.39, 0.29) is 18.0 Å². The van der Waals surface area contributed by atoms with Crippen LogP contribution in [0.1, 0.15) is 16.1 Å². The third-order valence-electron chi connectivity index (χ3n) is 2.20. The van der Waals surface area contributed by atoms with Crippen LogP contribution in [0.2, 0.25) is 0 Å². The standard InChI is InChI=1S/C11H15N3O3/c1-12-10(15)7-14(2)6-9-4-3-8(5-13-9)11(16)17/h3-5H,6-7H2,1-2H3,(H,12,15)(H,16,17). The third-order valence-corrected chi connectivity index (χ3v) is 2.20. The number of carboxylic acids is 1. The number of carboxylic acid groups (broad SMARTS) is 1. The molecule has 0 saturated carbocycles. The van der Waals surface area contributed by atoms with Gasteiger partial charge in [-0.05, 0) is 19.2 Å². The molecule has 0 unspecified atom stereocenters. The minimum absolute atomic E-state index is 0.0744. The van der Waals surface area contributed by atoms with Gasteiger partial charge in [-0.1, -0.05) is 0 Å². The Bertz CT molecular complexity index is 403. The molecule has 0 spiro atoms. The number of amides is 1. The molecule has 17 heavy (non-hydrogen) atoms. The Kier molecular flexibility index (Phi) is 4.59. The summed E-state index contributed by atoms with van der Waals surface area (Å²) in [5.41, 5.74) is 0.879. The van der Waals surface area contributed by atoms with Gasteiger partial charge in [0.1, 0.15) is 0 Å². The smallest absolute Gasteiger partial charge is 0.337 e. The molecule has 0 bridgehead atoms. The number of nitrogens with zero attached hydrogens (tertiary/aromatic N) is 2. The van der Waals surface area contributed by atoms with E-state index < -0.39 is 5.97 Å². The summed E-state index contributed by atoms with van der Waals surface area (Å²) in [6.45, 7) is 0.770. The molecule has 0 aliphatic heterocycles. The number of aromatic nitrogens is 1. The molecule has 0 aliphatic rings. The van der Waals surface area contributed by atoms with Crippen LogP contribution < -0.4 is 5.32 Å². The van der Waals surface area contributed by atoms with Crippen LogP contribution >= 0.6 is 0 Å². The number of likely N-dealkylation sites (N-methyl/N-ethyl adjacent to an activating group) is 2. The van der Waals surface area contributed by atoms with Gasteiger partial charge in [0, 0.05) is 19.8 Å². The first kappa shape index (κ1) is 13.1. The molecule has 6 heteroatoms. The van der Waals surface area contributed by atoms with Crippen LogP contribution in [0, 0.1) is 0 Å². The highest BCUT2D eigenvalue weighted by molar-refractivity contribution is 5.87. The molecular formula is C11H15N3O3. The first-order valence-electron chi connectivity index (χ1n) is 5.10. The van der Waals surface area contributed by atoms with Gasteiger partial charge in [0.15, 0.2) is 0 Å². The van der Waals surface area contributed by atoms with Crippen molar-refractivity contribution in [1.29, 1.82) is 0 Å². The van der Waals surface area contributed by atoms with Gasteiger partial charge in [0.25, 0.3) is 0 Å². The van der Waals surface area contributed by atoms with Gasteiger partial charge in [0.2, 0.25) is 5.91 Å². The fraction of sp³-hybridized carbons (Fsp3) is 0.364. The summed E-state index contributed by atoms with van der Waals surface area (Å²) in [7, 11) is 3.37. The zero-order valence-electron chi connectivity index (χ0n) is 9.80. The molecule has 1 aromatic rings. The van der Waals surface area contributed by atoms with Crippen molar-refractivity contribution in [3.63, 3.8) is 0 Å². The molecule has 1 heterocycles. The summed E-state index contributed by atoms with van der Waals surface area (Å²) in [6, 6.07) is 3.14. The van der Waals surface area contributed by atoms with E-state index in [1.165, 1.54) is 12.3 Å². The lowest BCUT2D eigenvalue weighted by molar-refractivity contribution is -0.121. The maximum absolute atomic E-state index is 11.1. The van der Waals surface area contributed by atoms with Gasteiger partial charge >= 0.3 is 5.97 Å². The molecule has 6 nitrogen and oxygen atoms in total.